The Morgan fingerprint density at radius 1 is 1.43 bits per heavy atom. The summed E-state index contributed by atoms with van der Waals surface area (Å²) in [6.07, 6.45) is 0. The lowest BCUT2D eigenvalue weighted by Gasteiger charge is -2.38. The molecule has 0 bridgehead atoms. The smallest absolute Gasteiger partial charge is 0.128 e. The molecular weight excluding hydrogens is 182 g/mol. The maximum Gasteiger partial charge on any atom is 0.128 e. The van der Waals surface area contributed by atoms with Crippen molar-refractivity contribution >= 4 is 0 Å². The first-order chi connectivity index (χ1) is 6.65. The highest BCUT2D eigenvalue weighted by Gasteiger charge is 2.38. The fourth-order valence-electron chi connectivity index (χ4n) is 1.62. The first-order valence-electron chi connectivity index (χ1n) is 4.46. The lowest BCUT2D eigenvalue weighted by atomic mass is 9.87. The van der Waals surface area contributed by atoms with Crippen LogP contribution >= 0.6 is 0 Å². The number of nitrogens with one attached hydrogen (secondary N) is 1. The molecule has 0 spiro atoms. The molecule has 1 aromatic carbocycles. The molecule has 4 nitrogen and oxygen atoms in total. The SMILES string of the molecule is COc1cc(O)ccc1C1(O)CNC1. The van der Waals surface area contributed by atoms with E-state index in [1.54, 1.807) is 12.1 Å². The predicted octanol–water partition coefficient (Wildman–Crippen LogP) is 0.192. The van der Waals surface area contributed by atoms with Crippen LogP contribution in [0.15, 0.2) is 18.2 Å². The minimum Gasteiger partial charge on any atom is -0.508 e. The topological polar surface area (TPSA) is 61.7 Å². The second-order valence-corrected chi connectivity index (χ2v) is 3.52. The minimum absolute atomic E-state index is 0.140. The Labute approximate surface area is 82.1 Å². The molecule has 14 heavy (non-hydrogen) atoms. The van der Waals surface area contributed by atoms with Crippen LogP contribution in [-0.4, -0.2) is 30.4 Å². The van der Waals surface area contributed by atoms with E-state index in [2.05, 4.69) is 5.32 Å². The van der Waals surface area contributed by atoms with E-state index < -0.39 is 5.60 Å². The maximum absolute atomic E-state index is 10.1. The van der Waals surface area contributed by atoms with Crippen LogP contribution in [0.2, 0.25) is 0 Å². The minimum atomic E-state index is -0.848. The number of hydrogen-bond donors (Lipinski definition) is 3. The van der Waals surface area contributed by atoms with Crippen LogP contribution in [0.4, 0.5) is 0 Å². The van der Waals surface area contributed by atoms with Crippen molar-refractivity contribution in [2.75, 3.05) is 20.2 Å². The van der Waals surface area contributed by atoms with Gasteiger partial charge in [-0.25, -0.2) is 0 Å². The Morgan fingerprint density at radius 3 is 2.64 bits per heavy atom. The van der Waals surface area contributed by atoms with E-state index in [1.165, 1.54) is 13.2 Å². The second-order valence-electron chi connectivity index (χ2n) is 3.52. The van der Waals surface area contributed by atoms with Crippen LogP contribution in [0.1, 0.15) is 5.56 Å². The molecule has 0 amide bonds. The molecule has 76 valence electrons. The number of hydrogen-bond acceptors (Lipinski definition) is 4. The van der Waals surface area contributed by atoms with E-state index in [9.17, 15) is 10.2 Å². The molecular formula is C10H13NO3. The molecule has 0 unspecified atom stereocenters. The van der Waals surface area contributed by atoms with E-state index in [1.807, 2.05) is 0 Å². The average Bonchev–Trinajstić information content (AvgIpc) is 2.14. The van der Waals surface area contributed by atoms with Crippen LogP contribution in [0.3, 0.4) is 0 Å². The number of ether oxygens (including phenoxy) is 1. The summed E-state index contributed by atoms with van der Waals surface area (Å²) in [6, 6.07) is 4.74. The fraction of sp³-hybridized carbons (Fsp3) is 0.400. The zero-order chi connectivity index (χ0) is 10.2. The quantitative estimate of drug-likeness (QED) is 0.630. The summed E-state index contributed by atoms with van der Waals surface area (Å²) in [6.45, 7) is 1.04. The van der Waals surface area contributed by atoms with E-state index in [0.717, 1.165) is 5.56 Å². The zero-order valence-electron chi connectivity index (χ0n) is 7.95. The standard InChI is InChI=1S/C10H13NO3/c1-14-9-4-7(12)2-3-8(9)10(13)5-11-6-10/h2-4,11-13H,5-6H2,1H3. The summed E-state index contributed by atoms with van der Waals surface area (Å²) < 4.78 is 5.10. The second kappa shape index (κ2) is 3.15. The van der Waals surface area contributed by atoms with Gasteiger partial charge in [-0.3, -0.25) is 0 Å². The lowest BCUT2D eigenvalue weighted by molar-refractivity contribution is -0.0165. The summed E-state index contributed by atoms with van der Waals surface area (Å²) >= 11 is 0. The number of rotatable bonds is 2. The molecule has 1 saturated heterocycles. The van der Waals surface area contributed by atoms with Crippen molar-refractivity contribution in [3.8, 4) is 11.5 Å². The van der Waals surface area contributed by atoms with Crippen molar-refractivity contribution in [3.63, 3.8) is 0 Å². The molecule has 1 aliphatic heterocycles. The summed E-state index contributed by atoms with van der Waals surface area (Å²) in [5.41, 5.74) is -0.129. The molecule has 1 aliphatic rings. The van der Waals surface area contributed by atoms with Crippen LogP contribution in [0, 0.1) is 0 Å². The van der Waals surface area contributed by atoms with Crippen molar-refractivity contribution in [1.29, 1.82) is 0 Å². The molecule has 0 aromatic heterocycles. The van der Waals surface area contributed by atoms with Gasteiger partial charge in [-0.15, -0.1) is 0 Å². The van der Waals surface area contributed by atoms with Crippen molar-refractivity contribution in [2.45, 2.75) is 5.60 Å². The van der Waals surface area contributed by atoms with Crippen LogP contribution in [0.25, 0.3) is 0 Å². The maximum atomic E-state index is 10.1. The molecule has 0 radical (unpaired) electrons. The predicted molar refractivity (Wildman–Crippen MR) is 51.4 cm³/mol. The molecule has 1 fully saturated rings. The first-order valence-corrected chi connectivity index (χ1v) is 4.46. The third kappa shape index (κ3) is 1.32. The summed E-state index contributed by atoms with van der Waals surface area (Å²) in [4.78, 5) is 0. The summed E-state index contributed by atoms with van der Waals surface area (Å²) in [7, 11) is 1.52. The van der Waals surface area contributed by atoms with Crippen molar-refractivity contribution in [3.05, 3.63) is 23.8 Å². The molecule has 0 atom stereocenters. The highest BCUT2D eigenvalue weighted by molar-refractivity contribution is 5.44. The van der Waals surface area contributed by atoms with Crippen molar-refractivity contribution in [2.24, 2.45) is 0 Å². The Bertz CT molecular complexity index is 347. The molecule has 0 saturated carbocycles. The molecule has 4 heteroatoms. The van der Waals surface area contributed by atoms with E-state index in [0.29, 0.717) is 18.8 Å². The summed E-state index contributed by atoms with van der Waals surface area (Å²) in [5.74, 6) is 0.662. The number of aliphatic hydroxyl groups is 1. The molecule has 0 aliphatic carbocycles. The van der Waals surface area contributed by atoms with Gasteiger partial charge in [0.15, 0.2) is 0 Å². The number of β-amino-alcohol motifs (C(OH)–C–C–N with tert-alkyl or cyclic N) is 1. The first kappa shape index (κ1) is 9.30. The number of phenolic OH excluding ortho intramolecular Hbond substituents is 1. The van der Waals surface area contributed by atoms with Crippen LogP contribution in [-0.2, 0) is 5.60 Å². The summed E-state index contributed by atoms with van der Waals surface area (Å²) in [5, 5.41) is 22.3. The Hall–Kier alpha value is -1.26. The fourth-order valence-corrected chi connectivity index (χ4v) is 1.62. The van der Waals surface area contributed by atoms with Gasteiger partial charge in [0.2, 0.25) is 0 Å². The van der Waals surface area contributed by atoms with Gasteiger partial charge >= 0.3 is 0 Å². The third-order valence-electron chi connectivity index (χ3n) is 2.52. The zero-order valence-corrected chi connectivity index (χ0v) is 7.95. The highest BCUT2D eigenvalue weighted by Crippen LogP contribution is 2.34. The van der Waals surface area contributed by atoms with Crippen molar-refractivity contribution in [1.82, 2.24) is 5.32 Å². The van der Waals surface area contributed by atoms with E-state index >= 15 is 0 Å². The third-order valence-corrected chi connectivity index (χ3v) is 2.52. The van der Waals surface area contributed by atoms with E-state index in [4.69, 9.17) is 4.74 Å². The molecule has 1 aromatic rings. The van der Waals surface area contributed by atoms with Gasteiger partial charge in [-0.2, -0.15) is 0 Å². The molecule has 1 heterocycles. The van der Waals surface area contributed by atoms with Crippen LogP contribution in [0.5, 0.6) is 11.5 Å². The molecule has 3 N–H and O–H groups in total. The Kier molecular flexibility index (Phi) is 2.09. The average molecular weight is 195 g/mol. The lowest BCUT2D eigenvalue weighted by Crippen LogP contribution is -2.56. The van der Waals surface area contributed by atoms with Crippen molar-refractivity contribution < 1.29 is 14.9 Å². The van der Waals surface area contributed by atoms with Gasteiger partial charge in [0.1, 0.15) is 17.1 Å². The Balaban J connectivity index is 2.41. The molecule has 2 rings (SSSR count). The number of methoxy groups -OCH3 is 1. The largest absolute Gasteiger partial charge is 0.508 e. The van der Waals surface area contributed by atoms with Gasteiger partial charge < -0.3 is 20.3 Å². The van der Waals surface area contributed by atoms with E-state index in [-0.39, 0.29) is 5.75 Å². The normalized spacial score (nSPS) is 18.7. The van der Waals surface area contributed by atoms with Gasteiger partial charge in [-0.05, 0) is 12.1 Å². The highest BCUT2D eigenvalue weighted by atomic mass is 16.5. The Morgan fingerprint density at radius 2 is 2.14 bits per heavy atom. The van der Waals surface area contributed by atoms with Crippen LogP contribution < -0.4 is 10.1 Å². The van der Waals surface area contributed by atoms with Gasteiger partial charge in [0.05, 0.1) is 7.11 Å². The van der Waals surface area contributed by atoms with Gasteiger partial charge in [-0.1, -0.05) is 0 Å². The van der Waals surface area contributed by atoms with Gasteiger partial charge in [0.25, 0.3) is 0 Å². The number of benzene rings is 1. The monoisotopic (exact) mass is 195 g/mol. The number of phenols is 1. The van der Waals surface area contributed by atoms with Gasteiger partial charge in [0, 0.05) is 24.7 Å². The number of aromatic hydroxyl groups is 1.